The zero-order valence-corrected chi connectivity index (χ0v) is 25.7. The van der Waals surface area contributed by atoms with E-state index in [1.165, 1.54) is 66.6 Å². The van der Waals surface area contributed by atoms with Crippen LogP contribution in [-0.4, -0.2) is 9.13 Å². The van der Waals surface area contributed by atoms with E-state index in [0.717, 1.165) is 11.4 Å². The highest BCUT2D eigenvalue weighted by Crippen LogP contribution is 2.53. The van der Waals surface area contributed by atoms with Gasteiger partial charge >= 0.3 is 0 Å². The number of nitrogens with zero attached hydrogens (tertiary/aromatic N) is 3. The van der Waals surface area contributed by atoms with E-state index in [2.05, 4.69) is 180 Å². The summed E-state index contributed by atoms with van der Waals surface area (Å²) in [6.45, 7) is 6.94. The summed E-state index contributed by atoms with van der Waals surface area (Å²) in [6, 6.07) is 53.3. The summed E-state index contributed by atoms with van der Waals surface area (Å²) < 4.78 is 4.79. The zero-order valence-electron chi connectivity index (χ0n) is 25.7. The van der Waals surface area contributed by atoms with Gasteiger partial charge in [-0.25, -0.2) is 0 Å². The van der Waals surface area contributed by atoms with E-state index in [1.807, 2.05) is 0 Å². The van der Waals surface area contributed by atoms with Crippen LogP contribution >= 0.6 is 0 Å². The molecule has 0 N–H and O–H groups in total. The summed E-state index contributed by atoms with van der Waals surface area (Å²) in [7, 11) is 0. The molecule has 6 aromatic carbocycles. The molecule has 8 aromatic rings. The first-order valence-electron chi connectivity index (χ1n) is 15.7. The van der Waals surface area contributed by atoms with Gasteiger partial charge in [-0.1, -0.05) is 92.7 Å². The normalized spacial score (nSPS) is 13.8. The average molecular weight is 580 g/mol. The lowest BCUT2D eigenvalue weighted by atomic mass is 9.73. The first-order valence-corrected chi connectivity index (χ1v) is 15.7. The van der Waals surface area contributed by atoms with Crippen LogP contribution < -0.4 is 4.90 Å². The maximum absolute atomic E-state index is 2.47. The Labute approximate surface area is 263 Å². The molecule has 0 atom stereocenters. The molecule has 2 aromatic heterocycles. The van der Waals surface area contributed by atoms with Gasteiger partial charge in [0.05, 0.1) is 27.9 Å². The fraction of sp³-hybridized carbons (Fsp3) is 0.0952. The number of hydrogen-bond acceptors (Lipinski definition) is 1. The lowest BCUT2D eigenvalue weighted by molar-refractivity contribution is 0.632. The van der Waals surface area contributed by atoms with Gasteiger partial charge in [0.25, 0.3) is 0 Å². The molecule has 0 unspecified atom stereocenters. The van der Waals surface area contributed by atoms with Crippen molar-refractivity contribution in [2.24, 2.45) is 0 Å². The molecule has 1 aliphatic rings. The van der Waals surface area contributed by atoms with Crippen molar-refractivity contribution >= 4 is 49.8 Å². The molecule has 0 saturated heterocycles. The molecule has 45 heavy (non-hydrogen) atoms. The monoisotopic (exact) mass is 579 g/mol. The summed E-state index contributed by atoms with van der Waals surface area (Å²) in [5, 5.41) is 3.79. The molecule has 3 heterocycles. The van der Waals surface area contributed by atoms with Crippen molar-refractivity contribution < 1.29 is 0 Å². The van der Waals surface area contributed by atoms with Gasteiger partial charge in [0.15, 0.2) is 0 Å². The number of benzene rings is 6. The van der Waals surface area contributed by atoms with Crippen molar-refractivity contribution in [2.45, 2.75) is 26.2 Å². The Bertz CT molecular complexity index is 2370. The molecule has 0 radical (unpaired) electrons. The van der Waals surface area contributed by atoms with Crippen molar-refractivity contribution in [3.8, 4) is 11.4 Å². The summed E-state index contributed by atoms with van der Waals surface area (Å²) in [5.74, 6) is 0. The fourth-order valence-electron chi connectivity index (χ4n) is 7.71. The molecule has 0 aliphatic carbocycles. The van der Waals surface area contributed by atoms with Gasteiger partial charge in [-0.2, -0.15) is 0 Å². The summed E-state index contributed by atoms with van der Waals surface area (Å²) in [6.07, 6.45) is 0. The van der Waals surface area contributed by atoms with Crippen LogP contribution in [0.15, 0.2) is 146 Å². The minimum absolute atomic E-state index is 0.180. The van der Waals surface area contributed by atoms with Crippen LogP contribution in [0.5, 0.6) is 0 Å². The minimum Gasteiger partial charge on any atom is -0.314 e. The third-order valence-corrected chi connectivity index (χ3v) is 9.78. The molecule has 0 saturated carbocycles. The topological polar surface area (TPSA) is 13.1 Å². The third kappa shape index (κ3) is 3.71. The van der Waals surface area contributed by atoms with E-state index in [9.17, 15) is 0 Å². The SMILES string of the molecule is Cc1cc2cc3c(cc2n1-c1ccccc1)C(C)(C)c1ccccc1N3c1cccc(-n2c3ccccc3c3ccccc32)c1. The standard InChI is InChI=1S/C42H33N3/c1-28-24-29-25-41-36(27-40(29)43(28)30-14-5-4-6-15-30)42(2,3)35-20-9-12-23-39(35)45(41)32-17-13-16-31(26-32)44-37-21-10-7-18-33(37)34-19-8-11-22-38(34)44/h4-27H,1-3H3. The lowest BCUT2D eigenvalue weighted by Crippen LogP contribution is -2.30. The molecule has 1 aliphatic heterocycles. The van der Waals surface area contributed by atoms with Crippen LogP contribution in [0.3, 0.4) is 0 Å². The lowest BCUT2D eigenvalue weighted by Gasteiger charge is -2.42. The zero-order chi connectivity index (χ0) is 30.3. The molecule has 0 spiro atoms. The van der Waals surface area contributed by atoms with Crippen molar-refractivity contribution in [3.05, 3.63) is 162 Å². The van der Waals surface area contributed by atoms with E-state index in [1.54, 1.807) is 0 Å². The smallest absolute Gasteiger partial charge is 0.0541 e. The highest BCUT2D eigenvalue weighted by atomic mass is 15.2. The maximum Gasteiger partial charge on any atom is 0.0541 e. The van der Waals surface area contributed by atoms with Crippen LogP contribution in [0, 0.1) is 6.92 Å². The Morgan fingerprint density at radius 1 is 0.444 bits per heavy atom. The number of rotatable bonds is 3. The molecule has 0 bridgehead atoms. The van der Waals surface area contributed by atoms with E-state index < -0.39 is 0 Å². The number of anilines is 3. The van der Waals surface area contributed by atoms with Crippen LogP contribution in [0.2, 0.25) is 0 Å². The molecule has 3 nitrogen and oxygen atoms in total. The Morgan fingerprint density at radius 2 is 1.07 bits per heavy atom. The molecular formula is C42H33N3. The summed E-state index contributed by atoms with van der Waals surface area (Å²) in [4.78, 5) is 2.47. The van der Waals surface area contributed by atoms with Crippen LogP contribution in [-0.2, 0) is 5.41 Å². The van der Waals surface area contributed by atoms with E-state index in [-0.39, 0.29) is 5.41 Å². The Kier molecular flexibility index (Phi) is 5.46. The molecule has 3 heteroatoms. The quantitative estimate of drug-likeness (QED) is 0.203. The van der Waals surface area contributed by atoms with Crippen molar-refractivity contribution in [1.29, 1.82) is 0 Å². The Morgan fingerprint density at radius 3 is 1.82 bits per heavy atom. The maximum atomic E-state index is 2.47. The largest absolute Gasteiger partial charge is 0.314 e. The van der Waals surface area contributed by atoms with Gasteiger partial charge in [-0.3, -0.25) is 0 Å². The van der Waals surface area contributed by atoms with Crippen LogP contribution in [0.25, 0.3) is 44.1 Å². The van der Waals surface area contributed by atoms with Gasteiger partial charge in [-0.05, 0) is 84.8 Å². The molecular weight excluding hydrogens is 546 g/mol. The molecule has 9 rings (SSSR count). The van der Waals surface area contributed by atoms with Crippen molar-refractivity contribution in [1.82, 2.24) is 9.13 Å². The highest BCUT2D eigenvalue weighted by Gasteiger charge is 2.37. The van der Waals surface area contributed by atoms with Gasteiger partial charge < -0.3 is 14.0 Å². The fourth-order valence-corrected chi connectivity index (χ4v) is 7.71. The van der Waals surface area contributed by atoms with E-state index in [0.29, 0.717) is 0 Å². The number of hydrogen-bond donors (Lipinski definition) is 0. The molecule has 0 fully saturated rings. The summed E-state index contributed by atoms with van der Waals surface area (Å²) in [5.41, 5.74) is 13.3. The first-order chi connectivity index (χ1) is 22.0. The Balaban J connectivity index is 1.30. The second kappa shape index (κ2) is 9.48. The number of fused-ring (bicyclic) bond motifs is 6. The van der Waals surface area contributed by atoms with Gasteiger partial charge in [0, 0.05) is 44.3 Å². The second-order valence-corrected chi connectivity index (χ2v) is 12.8. The van der Waals surface area contributed by atoms with Gasteiger partial charge in [0.2, 0.25) is 0 Å². The van der Waals surface area contributed by atoms with Crippen molar-refractivity contribution in [3.63, 3.8) is 0 Å². The Hall–Kier alpha value is -5.54. The first kappa shape index (κ1) is 25.9. The molecule has 0 amide bonds. The highest BCUT2D eigenvalue weighted by molar-refractivity contribution is 6.09. The van der Waals surface area contributed by atoms with Crippen molar-refractivity contribution in [2.75, 3.05) is 4.90 Å². The third-order valence-electron chi connectivity index (χ3n) is 9.78. The number of para-hydroxylation sites is 4. The van der Waals surface area contributed by atoms with Crippen LogP contribution in [0.1, 0.15) is 30.7 Å². The van der Waals surface area contributed by atoms with Gasteiger partial charge in [0.1, 0.15) is 0 Å². The van der Waals surface area contributed by atoms with E-state index >= 15 is 0 Å². The number of aryl methyl sites for hydroxylation is 1. The minimum atomic E-state index is -0.180. The number of aromatic nitrogens is 2. The second-order valence-electron chi connectivity index (χ2n) is 12.8. The van der Waals surface area contributed by atoms with E-state index in [4.69, 9.17) is 0 Å². The average Bonchev–Trinajstić information content (AvgIpc) is 3.58. The van der Waals surface area contributed by atoms with Crippen LogP contribution in [0.4, 0.5) is 17.1 Å². The predicted octanol–water partition coefficient (Wildman–Crippen LogP) is 11.1. The molecule has 216 valence electrons. The summed E-state index contributed by atoms with van der Waals surface area (Å²) >= 11 is 0. The predicted molar refractivity (Wildman–Crippen MR) is 189 cm³/mol. The van der Waals surface area contributed by atoms with Gasteiger partial charge in [-0.15, -0.1) is 0 Å².